The van der Waals surface area contributed by atoms with Crippen molar-refractivity contribution in [2.75, 3.05) is 13.2 Å². The molecule has 0 aliphatic carbocycles. The van der Waals surface area contributed by atoms with Gasteiger partial charge in [-0.25, -0.2) is 0 Å². The molecule has 1 aromatic rings. The molecule has 0 aromatic heterocycles. The topological polar surface area (TPSA) is 46.5 Å². The van der Waals surface area contributed by atoms with Crippen molar-refractivity contribution in [3.8, 4) is 0 Å². The van der Waals surface area contributed by atoms with Gasteiger partial charge in [0.15, 0.2) is 0 Å². The molecular weight excluding hydrogens is 308 g/mol. The molecule has 0 bridgehead atoms. The Bertz CT molecular complexity index is 375. The van der Waals surface area contributed by atoms with E-state index in [9.17, 15) is 4.79 Å². The molecule has 1 atom stereocenters. The van der Waals surface area contributed by atoms with Crippen LogP contribution in [0.2, 0.25) is 0 Å². The van der Waals surface area contributed by atoms with Gasteiger partial charge in [0, 0.05) is 11.1 Å². The number of unbranched alkanes of at least 4 members (excludes halogenated alkanes) is 1. The van der Waals surface area contributed by atoms with E-state index in [0.717, 1.165) is 29.3 Å². The minimum Gasteiger partial charge on any atom is -0.466 e. The first-order valence-electron chi connectivity index (χ1n) is 6.69. The van der Waals surface area contributed by atoms with Crippen LogP contribution in [0.25, 0.3) is 0 Å². The van der Waals surface area contributed by atoms with E-state index in [1.807, 2.05) is 31.2 Å². The molecule has 19 heavy (non-hydrogen) atoms. The number of halogens is 1. The summed E-state index contributed by atoms with van der Waals surface area (Å²) in [6.07, 6.45) is 3.03. The summed E-state index contributed by atoms with van der Waals surface area (Å²) in [5, 5.41) is 8.82. The maximum atomic E-state index is 11.9. The van der Waals surface area contributed by atoms with Crippen LogP contribution in [0.15, 0.2) is 28.7 Å². The number of rotatable bonds is 8. The minimum atomic E-state index is -0.136. The molecule has 0 saturated heterocycles. The third-order valence-corrected chi connectivity index (χ3v) is 3.50. The summed E-state index contributed by atoms with van der Waals surface area (Å²) in [5.74, 6) is -0.254. The fourth-order valence-corrected chi connectivity index (χ4v) is 2.24. The van der Waals surface area contributed by atoms with E-state index < -0.39 is 0 Å². The fraction of sp³-hybridized carbons (Fsp3) is 0.533. The molecule has 0 unspecified atom stereocenters. The molecule has 1 aromatic carbocycles. The van der Waals surface area contributed by atoms with Gasteiger partial charge in [0.1, 0.15) is 0 Å². The predicted molar refractivity (Wildman–Crippen MR) is 78.9 cm³/mol. The van der Waals surface area contributed by atoms with Gasteiger partial charge in [-0.3, -0.25) is 4.79 Å². The molecule has 4 heteroatoms. The van der Waals surface area contributed by atoms with E-state index in [1.54, 1.807) is 0 Å². The van der Waals surface area contributed by atoms with Crippen LogP contribution < -0.4 is 0 Å². The van der Waals surface area contributed by atoms with Crippen molar-refractivity contribution >= 4 is 21.9 Å². The van der Waals surface area contributed by atoms with Crippen LogP contribution in [-0.2, 0) is 16.0 Å². The number of hydrogen-bond acceptors (Lipinski definition) is 3. The number of benzene rings is 1. The Labute approximate surface area is 123 Å². The number of carbonyl (C=O) groups is 1. The lowest BCUT2D eigenvalue weighted by molar-refractivity contribution is -0.148. The van der Waals surface area contributed by atoms with E-state index in [2.05, 4.69) is 15.9 Å². The molecular formula is C15H21BrO3. The summed E-state index contributed by atoms with van der Waals surface area (Å²) in [7, 11) is 0. The summed E-state index contributed by atoms with van der Waals surface area (Å²) in [6.45, 7) is 2.41. The van der Waals surface area contributed by atoms with Crippen LogP contribution in [0.3, 0.4) is 0 Å². The second kappa shape index (κ2) is 9.10. The summed E-state index contributed by atoms with van der Waals surface area (Å²) in [5.41, 5.74) is 1.13. The molecule has 106 valence electrons. The zero-order valence-electron chi connectivity index (χ0n) is 11.3. The van der Waals surface area contributed by atoms with E-state index in [1.165, 1.54) is 0 Å². The normalized spacial score (nSPS) is 12.2. The summed E-state index contributed by atoms with van der Waals surface area (Å²) in [6, 6.07) is 7.99. The third kappa shape index (κ3) is 6.21. The van der Waals surface area contributed by atoms with E-state index in [0.29, 0.717) is 13.0 Å². The highest BCUT2D eigenvalue weighted by Gasteiger charge is 2.19. The smallest absolute Gasteiger partial charge is 0.309 e. The van der Waals surface area contributed by atoms with E-state index in [-0.39, 0.29) is 18.5 Å². The molecule has 0 heterocycles. The molecule has 1 N–H and O–H groups in total. The highest BCUT2D eigenvalue weighted by atomic mass is 79.9. The Balaban J connectivity index is 2.61. The van der Waals surface area contributed by atoms with Gasteiger partial charge in [0.2, 0.25) is 0 Å². The Morgan fingerprint density at radius 1 is 1.32 bits per heavy atom. The number of aliphatic hydroxyl groups is 1. The fourth-order valence-electron chi connectivity index (χ4n) is 1.97. The van der Waals surface area contributed by atoms with Gasteiger partial charge in [-0.1, -0.05) is 34.5 Å². The number of esters is 1. The molecule has 1 rings (SSSR count). The Morgan fingerprint density at radius 3 is 2.58 bits per heavy atom. The van der Waals surface area contributed by atoms with Crippen LogP contribution >= 0.6 is 15.9 Å². The Kier molecular flexibility index (Phi) is 7.75. The highest BCUT2D eigenvalue weighted by Crippen LogP contribution is 2.19. The number of carbonyl (C=O) groups excluding carboxylic acids is 1. The zero-order chi connectivity index (χ0) is 14.1. The van der Waals surface area contributed by atoms with Gasteiger partial charge in [-0.05, 0) is 43.9 Å². The SMILES string of the molecule is CCOC(=O)[C@H](CCCCO)Cc1ccc(Br)cc1. The van der Waals surface area contributed by atoms with Crippen molar-refractivity contribution in [3.63, 3.8) is 0 Å². The Hall–Kier alpha value is -0.870. The zero-order valence-corrected chi connectivity index (χ0v) is 12.9. The quantitative estimate of drug-likeness (QED) is 0.588. The lowest BCUT2D eigenvalue weighted by Gasteiger charge is -2.15. The number of hydrogen-bond donors (Lipinski definition) is 1. The Morgan fingerprint density at radius 2 is 2.00 bits per heavy atom. The van der Waals surface area contributed by atoms with Crippen LogP contribution in [0, 0.1) is 5.92 Å². The first kappa shape index (κ1) is 16.2. The maximum Gasteiger partial charge on any atom is 0.309 e. The monoisotopic (exact) mass is 328 g/mol. The summed E-state index contributed by atoms with van der Waals surface area (Å²) >= 11 is 3.40. The van der Waals surface area contributed by atoms with Crippen molar-refractivity contribution in [3.05, 3.63) is 34.3 Å². The minimum absolute atomic E-state index is 0.118. The predicted octanol–water partition coefficient (Wildman–Crippen LogP) is 3.33. The van der Waals surface area contributed by atoms with Gasteiger partial charge < -0.3 is 9.84 Å². The third-order valence-electron chi connectivity index (χ3n) is 2.98. The summed E-state index contributed by atoms with van der Waals surface area (Å²) in [4.78, 5) is 11.9. The van der Waals surface area contributed by atoms with Crippen molar-refractivity contribution in [1.82, 2.24) is 0 Å². The van der Waals surface area contributed by atoms with Gasteiger partial charge in [-0.2, -0.15) is 0 Å². The van der Waals surface area contributed by atoms with Crippen LogP contribution in [0.5, 0.6) is 0 Å². The first-order valence-corrected chi connectivity index (χ1v) is 7.48. The molecule has 0 radical (unpaired) electrons. The number of ether oxygens (including phenoxy) is 1. The second-order valence-corrected chi connectivity index (χ2v) is 5.41. The average Bonchev–Trinajstić information content (AvgIpc) is 2.40. The van der Waals surface area contributed by atoms with Crippen LogP contribution in [0.1, 0.15) is 31.7 Å². The van der Waals surface area contributed by atoms with Gasteiger partial charge in [0.25, 0.3) is 0 Å². The van der Waals surface area contributed by atoms with Gasteiger partial charge in [-0.15, -0.1) is 0 Å². The van der Waals surface area contributed by atoms with Gasteiger partial charge in [0.05, 0.1) is 12.5 Å². The maximum absolute atomic E-state index is 11.9. The lowest BCUT2D eigenvalue weighted by atomic mass is 9.94. The highest BCUT2D eigenvalue weighted by molar-refractivity contribution is 9.10. The van der Waals surface area contributed by atoms with E-state index in [4.69, 9.17) is 9.84 Å². The second-order valence-electron chi connectivity index (χ2n) is 4.50. The van der Waals surface area contributed by atoms with E-state index >= 15 is 0 Å². The molecule has 0 saturated carbocycles. The molecule has 0 amide bonds. The van der Waals surface area contributed by atoms with Crippen molar-refractivity contribution in [2.24, 2.45) is 5.92 Å². The number of aliphatic hydroxyl groups excluding tert-OH is 1. The lowest BCUT2D eigenvalue weighted by Crippen LogP contribution is -2.20. The largest absolute Gasteiger partial charge is 0.466 e. The first-order chi connectivity index (χ1) is 9.17. The average molecular weight is 329 g/mol. The van der Waals surface area contributed by atoms with Crippen LogP contribution in [-0.4, -0.2) is 24.3 Å². The molecule has 3 nitrogen and oxygen atoms in total. The van der Waals surface area contributed by atoms with Crippen molar-refractivity contribution in [1.29, 1.82) is 0 Å². The van der Waals surface area contributed by atoms with Crippen molar-refractivity contribution in [2.45, 2.75) is 32.6 Å². The molecule has 0 aliphatic heterocycles. The molecule has 0 fully saturated rings. The van der Waals surface area contributed by atoms with Crippen molar-refractivity contribution < 1.29 is 14.6 Å². The summed E-state index contributed by atoms with van der Waals surface area (Å²) < 4.78 is 6.15. The van der Waals surface area contributed by atoms with Crippen LogP contribution in [0.4, 0.5) is 0 Å². The van der Waals surface area contributed by atoms with Gasteiger partial charge >= 0.3 is 5.97 Å². The standard InChI is InChI=1S/C15H21BrO3/c1-2-19-15(18)13(5-3-4-10-17)11-12-6-8-14(16)9-7-12/h6-9,13,17H,2-5,10-11H2,1H3/t13-/m1/s1. The molecule has 0 spiro atoms. The molecule has 0 aliphatic rings.